The Hall–Kier alpha value is -1.97. The van der Waals surface area contributed by atoms with Crippen molar-refractivity contribution in [2.75, 3.05) is 37.0 Å². The van der Waals surface area contributed by atoms with Crippen molar-refractivity contribution in [1.29, 1.82) is 0 Å². The molecule has 1 aliphatic heterocycles. The molecule has 0 radical (unpaired) electrons. The van der Waals surface area contributed by atoms with Gasteiger partial charge in [-0.25, -0.2) is 9.97 Å². The highest BCUT2D eigenvalue weighted by atomic mass is 35.5. The van der Waals surface area contributed by atoms with E-state index in [4.69, 9.17) is 27.1 Å². The maximum absolute atomic E-state index is 9.26. The summed E-state index contributed by atoms with van der Waals surface area (Å²) in [5, 5.41) is 20.3. The van der Waals surface area contributed by atoms with Gasteiger partial charge in [-0.1, -0.05) is 17.7 Å². The first-order valence-electron chi connectivity index (χ1n) is 12.3. The van der Waals surface area contributed by atoms with Crippen LogP contribution in [-0.2, 0) is 4.74 Å². The Labute approximate surface area is 207 Å². The maximum Gasteiger partial charge on any atom is 0.126 e. The Balaban J connectivity index is 1.38. The number of nitrogens with two attached hydrogens (primary N) is 1. The van der Waals surface area contributed by atoms with Gasteiger partial charge in [0.1, 0.15) is 11.6 Å². The van der Waals surface area contributed by atoms with Crippen molar-refractivity contribution in [1.82, 2.24) is 15.3 Å². The van der Waals surface area contributed by atoms with Crippen LogP contribution in [0.4, 0.5) is 11.6 Å². The monoisotopic (exact) mass is 488 g/mol. The third-order valence-electron chi connectivity index (χ3n) is 6.86. The van der Waals surface area contributed by atoms with Gasteiger partial charge in [-0.05, 0) is 63.6 Å². The zero-order valence-electron chi connectivity index (χ0n) is 19.9. The summed E-state index contributed by atoms with van der Waals surface area (Å²) < 4.78 is 5.44. The summed E-state index contributed by atoms with van der Waals surface area (Å²) in [6.45, 7) is 4.24. The first kappa shape index (κ1) is 25.1. The summed E-state index contributed by atoms with van der Waals surface area (Å²) in [6, 6.07) is 8.83. The molecule has 0 unspecified atom stereocenters. The van der Waals surface area contributed by atoms with Crippen molar-refractivity contribution < 1.29 is 9.84 Å². The van der Waals surface area contributed by atoms with Crippen LogP contribution in [0.1, 0.15) is 45.4 Å². The quantitative estimate of drug-likeness (QED) is 0.364. The fraction of sp³-hybridized carbons (Fsp3) is 0.600. The number of nitrogens with zero attached hydrogens (tertiary/aromatic N) is 2. The molecule has 0 amide bonds. The van der Waals surface area contributed by atoms with Crippen LogP contribution >= 0.6 is 11.6 Å². The van der Waals surface area contributed by atoms with E-state index >= 15 is 0 Å². The van der Waals surface area contributed by atoms with Gasteiger partial charge in [0.05, 0.1) is 17.3 Å². The second kappa shape index (κ2) is 11.6. The fourth-order valence-electron chi connectivity index (χ4n) is 4.69. The molecule has 1 aliphatic carbocycles. The summed E-state index contributed by atoms with van der Waals surface area (Å²) in [5.41, 5.74) is 7.88. The Morgan fingerprint density at radius 3 is 2.65 bits per heavy atom. The number of rotatable bonds is 9. The molecule has 2 fully saturated rings. The molecule has 1 saturated carbocycles. The average molecular weight is 489 g/mol. The van der Waals surface area contributed by atoms with Crippen LogP contribution in [0.5, 0.6) is 0 Å². The number of hydrogen-bond acceptors (Lipinski definition) is 8. The molecule has 6 N–H and O–H groups in total. The Bertz CT molecular complexity index is 931. The summed E-state index contributed by atoms with van der Waals surface area (Å²) in [4.78, 5) is 9.29. The third-order valence-corrected chi connectivity index (χ3v) is 7.16. The van der Waals surface area contributed by atoms with Gasteiger partial charge in [0.2, 0.25) is 0 Å². The van der Waals surface area contributed by atoms with Gasteiger partial charge < -0.3 is 31.5 Å². The van der Waals surface area contributed by atoms with E-state index < -0.39 is 0 Å². The number of hydrogen-bond donors (Lipinski definition) is 5. The number of aliphatic hydroxyl groups excluding tert-OH is 1. The number of pyridine rings is 2. The second-order valence-electron chi connectivity index (χ2n) is 9.73. The van der Waals surface area contributed by atoms with Gasteiger partial charge in [-0.15, -0.1) is 0 Å². The Morgan fingerprint density at radius 2 is 1.91 bits per heavy atom. The molecule has 0 aromatic carbocycles. The summed E-state index contributed by atoms with van der Waals surface area (Å²) in [7, 11) is 0. The van der Waals surface area contributed by atoms with Crippen LogP contribution in [0.2, 0.25) is 5.02 Å². The van der Waals surface area contributed by atoms with Crippen molar-refractivity contribution in [2.45, 2.75) is 69.1 Å². The van der Waals surface area contributed by atoms with Gasteiger partial charge in [0, 0.05) is 55.2 Å². The lowest BCUT2D eigenvalue weighted by atomic mass is 9.90. The van der Waals surface area contributed by atoms with E-state index in [1.807, 2.05) is 31.2 Å². The largest absolute Gasteiger partial charge is 0.395 e. The number of aromatic nitrogens is 2. The first-order chi connectivity index (χ1) is 16.4. The molecule has 4 rings (SSSR count). The van der Waals surface area contributed by atoms with Crippen LogP contribution in [0, 0.1) is 0 Å². The van der Waals surface area contributed by atoms with Gasteiger partial charge in [0.15, 0.2) is 0 Å². The van der Waals surface area contributed by atoms with Crippen molar-refractivity contribution in [3.63, 3.8) is 0 Å². The molecular weight excluding hydrogens is 452 g/mol. The average Bonchev–Trinajstić information content (AvgIpc) is 2.86. The van der Waals surface area contributed by atoms with Gasteiger partial charge in [-0.2, -0.15) is 0 Å². The molecule has 2 aromatic heterocycles. The molecule has 2 aromatic rings. The van der Waals surface area contributed by atoms with Crippen molar-refractivity contribution in [3.8, 4) is 11.3 Å². The molecule has 186 valence electrons. The maximum atomic E-state index is 9.26. The Kier molecular flexibility index (Phi) is 8.60. The molecular formula is C25H37ClN6O2. The highest BCUT2D eigenvalue weighted by Gasteiger charge is 2.28. The zero-order chi connectivity index (χ0) is 24.0. The van der Waals surface area contributed by atoms with E-state index in [1.165, 1.54) is 0 Å². The number of halogens is 1. The number of ether oxygens (including phenoxy) is 1. The lowest BCUT2D eigenvalue weighted by molar-refractivity contribution is 0.0574. The van der Waals surface area contributed by atoms with Crippen LogP contribution in [0.15, 0.2) is 30.5 Å². The predicted octanol–water partition coefficient (Wildman–Crippen LogP) is 3.41. The molecule has 1 atom stereocenters. The van der Waals surface area contributed by atoms with E-state index in [-0.39, 0.29) is 18.2 Å². The lowest BCUT2D eigenvalue weighted by Crippen LogP contribution is -2.50. The SMILES string of the molecule is C[C@H](CO)N[C@H]1CC[C@H](Nc2cc(-c3cccc(NCC4(N)CCOCC4)n3)c(Cl)cn2)CC1. The zero-order valence-corrected chi connectivity index (χ0v) is 20.7. The lowest BCUT2D eigenvalue weighted by Gasteiger charge is -2.33. The minimum Gasteiger partial charge on any atom is -0.395 e. The second-order valence-corrected chi connectivity index (χ2v) is 10.1. The fourth-order valence-corrected chi connectivity index (χ4v) is 4.89. The van der Waals surface area contributed by atoms with Crippen molar-refractivity contribution in [2.24, 2.45) is 5.73 Å². The molecule has 9 heteroatoms. The predicted molar refractivity (Wildman–Crippen MR) is 137 cm³/mol. The van der Waals surface area contributed by atoms with E-state index in [1.54, 1.807) is 6.20 Å². The number of nitrogens with one attached hydrogen (secondary N) is 3. The summed E-state index contributed by atoms with van der Waals surface area (Å²) in [5.74, 6) is 1.59. The van der Waals surface area contributed by atoms with Crippen molar-refractivity contribution >= 4 is 23.2 Å². The first-order valence-corrected chi connectivity index (χ1v) is 12.7. The van der Waals surface area contributed by atoms with Crippen LogP contribution in [0.25, 0.3) is 11.3 Å². The van der Waals surface area contributed by atoms with E-state index in [9.17, 15) is 5.11 Å². The van der Waals surface area contributed by atoms with Crippen LogP contribution < -0.4 is 21.7 Å². The third kappa shape index (κ3) is 6.79. The minimum absolute atomic E-state index is 0.139. The summed E-state index contributed by atoms with van der Waals surface area (Å²) in [6.07, 6.45) is 7.62. The smallest absolute Gasteiger partial charge is 0.126 e. The normalized spacial score (nSPS) is 23.3. The highest BCUT2D eigenvalue weighted by Crippen LogP contribution is 2.30. The standard InChI is InChI=1S/C25H37ClN6O2/c1-17(15-33)30-18-5-7-19(8-6-18)31-24-13-20(21(26)14-28-24)22-3-2-4-23(32-22)29-16-25(27)9-11-34-12-10-25/h2-4,13-14,17-19,30,33H,5-12,15-16,27H2,1H3,(H,28,31)(H,29,32)/t17-,18-,19-/m1/s1. The van der Waals surface area contributed by atoms with Gasteiger partial charge >= 0.3 is 0 Å². The van der Waals surface area contributed by atoms with E-state index in [0.29, 0.717) is 36.9 Å². The Morgan fingerprint density at radius 1 is 1.18 bits per heavy atom. The van der Waals surface area contributed by atoms with E-state index in [0.717, 1.165) is 61.4 Å². The minimum atomic E-state index is -0.272. The molecule has 1 saturated heterocycles. The number of anilines is 2. The topological polar surface area (TPSA) is 117 Å². The molecule has 0 bridgehead atoms. The molecule has 8 nitrogen and oxygen atoms in total. The van der Waals surface area contributed by atoms with Gasteiger partial charge in [-0.3, -0.25) is 0 Å². The molecule has 3 heterocycles. The molecule has 0 spiro atoms. The van der Waals surface area contributed by atoms with Crippen molar-refractivity contribution in [3.05, 3.63) is 35.5 Å². The van der Waals surface area contributed by atoms with E-state index in [2.05, 4.69) is 20.9 Å². The highest BCUT2D eigenvalue weighted by molar-refractivity contribution is 6.33. The molecule has 2 aliphatic rings. The van der Waals surface area contributed by atoms with Gasteiger partial charge in [0.25, 0.3) is 0 Å². The van der Waals surface area contributed by atoms with Crippen LogP contribution in [0.3, 0.4) is 0 Å². The van der Waals surface area contributed by atoms with Crippen LogP contribution in [-0.4, -0.2) is 65.1 Å². The summed E-state index contributed by atoms with van der Waals surface area (Å²) >= 11 is 6.51. The number of aliphatic hydroxyl groups is 1. The molecule has 34 heavy (non-hydrogen) atoms.